The summed E-state index contributed by atoms with van der Waals surface area (Å²) in [5.74, 6) is 0.217. The third-order valence-corrected chi connectivity index (χ3v) is 5.00. The molecule has 0 unspecified atom stereocenters. The number of carbonyl (C=O) groups excluding carboxylic acids is 1. The summed E-state index contributed by atoms with van der Waals surface area (Å²) in [4.78, 5) is 12.6. The van der Waals surface area contributed by atoms with E-state index in [4.69, 9.17) is 9.47 Å². The van der Waals surface area contributed by atoms with Crippen LogP contribution in [-0.4, -0.2) is 20.2 Å². The third kappa shape index (κ3) is 3.42. The molecule has 3 nitrogen and oxygen atoms in total. The van der Waals surface area contributed by atoms with Gasteiger partial charge in [0.25, 0.3) is 0 Å². The first-order valence-corrected chi connectivity index (χ1v) is 9.07. The van der Waals surface area contributed by atoms with Gasteiger partial charge in [-0.1, -0.05) is 57.2 Å². The van der Waals surface area contributed by atoms with E-state index in [1.807, 2.05) is 19.1 Å². The van der Waals surface area contributed by atoms with E-state index < -0.39 is 0 Å². The summed E-state index contributed by atoms with van der Waals surface area (Å²) in [6.45, 7) is 8.30. The highest BCUT2D eigenvalue weighted by Gasteiger charge is 2.28. The molecule has 27 heavy (non-hydrogen) atoms. The molecule has 0 saturated carbocycles. The SMILES string of the molecule is COC(=O)c1c(C)c(-c2ccc3ccccc3c2)cc(C(C)(C)C)c1OC. The normalized spacial score (nSPS) is 11.5. The van der Waals surface area contributed by atoms with Crippen molar-refractivity contribution in [2.75, 3.05) is 14.2 Å². The van der Waals surface area contributed by atoms with Crippen LogP contribution in [0.1, 0.15) is 42.3 Å². The van der Waals surface area contributed by atoms with Crippen LogP contribution in [0.4, 0.5) is 0 Å². The Balaban J connectivity index is 2.36. The minimum Gasteiger partial charge on any atom is -0.496 e. The fourth-order valence-electron chi connectivity index (χ4n) is 3.53. The largest absolute Gasteiger partial charge is 0.496 e. The number of rotatable bonds is 3. The number of carbonyl (C=O) groups is 1. The highest BCUT2D eigenvalue weighted by atomic mass is 16.5. The summed E-state index contributed by atoms with van der Waals surface area (Å²) in [5, 5.41) is 2.36. The van der Waals surface area contributed by atoms with Crippen molar-refractivity contribution in [1.29, 1.82) is 0 Å². The maximum Gasteiger partial charge on any atom is 0.341 e. The molecule has 0 bridgehead atoms. The first kappa shape index (κ1) is 19.0. The van der Waals surface area contributed by atoms with E-state index >= 15 is 0 Å². The zero-order chi connectivity index (χ0) is 19.8. The molecule has 0 spiro atoms. The molecule has 3 aromatic rings. The van der Waals surface area contributed by atoms with E-state index in [0.717, 1.165) is 22.3 Å². The molecule has 0 saturated heterocycles. The van der Waals surface area contributed by atoms with Gasteiger partial charge in [-0.2, -0.15) is 0 Å². The van der Waals surface area contributed by atoms with Crippen LogP contribution in [0.2, 0.25) is 0 Å². The van der Waals surface area contributed by atoms with Crippen LogP contribution >= 0.6 is 0 Å². The van der Waals surface area contributed by atoms with Crippen LogP contribution in [0.15, 0.2) is 48.5 Å². The van der Waals surface area contributed by atoms with Gasteiger partial charge in [0.05, 0.1) is 14.2 Å². The van der Waals surface area contributed by atoms with Crippen LogP contribution in [-0.2, 0) is 10.2 Å². The lowest BCUT2D eigenvalue weighted by Gasteiger charge is -2.26. The van der Waals surface area contributed by atoms with E-state index in [2.05, 4.69) is 57.2 Å². The number of methoxy groups -OCH3 is 2. The molecule has 3 aromatic carbocycles. The van der Waals surface area contributed by atoms with Gasteiger partial charge in [0, 0.05) is 5.56 Å². The van der Waals surface area contributed by atoms with Gasteiger partial charge in [-0.25, -0.2) is 4.79 Å². The van der Waals surface area contributed by atoms with Crippen LogP contribution in [0.25, 0.3) is 21.9 Å². The number of fused-ring (bicyclic) bond motifs is 1. The fraction of sp³-hybridized carbons (Fsp3) is 0.292. The number of hydrogen-bond acceptors (Lipinski definition) is 3. The molecule has 3 heteroatoms. The standard InChI is InChI=1S/C24H26O3/c1-15-19(18-12-11-16-9-7-8-10-17(16)13-18)14-20(24(2,3)4)22(26-5)21(15)23(25)27-6/h7-14H,1-6H3. The number of esters is 1. The van der Waals surface area contributed by atoms with Gasteiger partial charge in [-0.3, -0.25) is 0 Å². The molecule has 0 aliphatic carbocycles. The molecule has 0 fully saturated rings. The molecular weight excluding hydrogens is 336 g/mol. The molecule has 0 atom stereocenters. The van der Waals surface area contributed by atoms with Gasteiger partial charge < -0.3 is 9.47 Å². The maximum atomic E-state index is 12.6. The van der Waals surface area contributed by atoms with E-state index in [9.17, 15) is 4.79 Å². The topological polar surface area (TPSA) is 35.5 Å². The summed E-state index contributed by atoms with van der Waals surface area (Å²) >= 11 is 0. The van der Waals surface area contributed by atoms with Crippen molar-refractivity contribution >= 4 is 16.7 Å². The predicted molar refractivity (Wildman–Crippen MR) is 111 cm³/mol. The molecule has 0 aromatic heterocycles. The third-order valence-electron chi connectivity index (χ3n) is 5.00. The lowest BCUT2D eigenvalue weighted by Crippen LogP contribution is -2.17. The van der Waals surface area contributed by atoms with Crippen LogP contribution in [0.5, 0.6) is 5.75 Å². The summed E-state index contributed by atoms with van der Waals surface area (Å²) in [7, 11) is 3.01. The smallest absolute Gasteiger partial charge is 0.341 e. The van der Waals surface area contributed by atoms with Gasteiger partial charge in [0.1, 0.15) is 11.3 Å². The van der Waals surface area contributed by atoms with Crippen molar-refractivity contribution in [1.82, 2.24) is 0 Å². The van der Waals surface area contributed by atoms with Gasteiger partial charge in [-0.15, -0.1) is 0 Å². The van der Waals surface area contributed by atoms with Gasteiger partial charge >= 0.3 is 5.97 Å². The van der Waals surface area contributed by atoms with Crippen molar-refractivity contribution in [3.8, 4) is 16.9 Å². The van der Waals surface area contributed by atoms with Crippen molar-refractivity contribution < 1.29 is 14.3 Å². The Kier molecular flexibility index (Phi) is 4.97. The second-order valence-electron chi connectivity index (χ2n) is 7.81. The molecule has 0 aliphatic rings. The first-order valence-electron chi connectivity index (χ1n) is 9.07. The first-order chi connectivity index (χ1) is 12.8. The number of benzene rings is 3. The van der Waals surface area contributed by atoms with Crippen molar-refractivity contribution in [2.24, 2.45) is 0 Å². The van der Waals surface area contributed by atoms with E-state index in [1.54, 1.807) is 7.11 Å². The van der Waals surface area contributed by atoms with E-state index in [0.29, 0.717) is 11.3 Å². The number of hydrogen-bond donors (Lipinski definition) is 0. The van der Waals surface area contributed by atoms with Crippen LogP contribution in [0.3, 0.4) is 0 Å². The summed E-state index contributed by atoms with van der Waals surface area (Å²) < 4.78 is 10.7. The Morgan fingerprint density at radius 2 is 1.59 bits per heavy atom. The summed E-state index contributed by atoms with van der Waals surface area (Å²) in [6.07, 6.45) is 0. The average Bonchev–Trinajstić information content (AvgIpc) is 2.65. The Hall–Kier alpha value is -2.81. The predicted octanol–water partition coefficient (Wildman–Crippen LogP) is 5.91. The summed E-state index contributed by atoms with van der Waals surface area (Å²) in [5.41, 5.74) is 4.25. The van der Waals surface area contributed by atoms with E-state index in [1.165, 1.54) is 17.9 Å². The van der Waals surface area contributed by atoms with Gasteiger partial charge in [-0.05, 0) is 51.9 Å². The van der Waals surface area contributed by atoms with Crippen molar-refractivity contribution in [3.63, 3.8) is 0 Å². The quantitative estimate of drug-likeness (QED) is 0.544. The monoisotopic (exact) mass is 362 g/mol. The Morgan fingerprint density at radius 1 is 0.926 bits per heavy atom. The zero-order valence-corrected chi connectivity index (χ0v) is 16.8. The molecule has 0 aliphatic heterocycles. The molecule has 0 radical (unpaired) electrons. The van der Waals surface area contributed by atoms with Crippen LogP contribution < -0.4 is 4.74 Å². The van der Waals surface area contributed by atoms with Gasteiger partial charge in [0.15, 0.2) is 0 Å². The number of ether oxygens (including phenoxy) is 2. The lowest BCUT2D eigenvalue weighted by atomic mass is 9.81. The van der Waals surface area contributed by atoms with E-state index in [-0.39, 0.29) is 11.4 Å². The average molecular weight is 362 g/mol. The molecule has 140 valence electrons. The lowest BCUT2D eigenvalue weighted by molar-refractivity contribution is 0.0596. The molecule has 0 N–H and O–H groups in total. The molecule has 0 amide bonds. The fourth-order valence-corrected chi connectivity index (χ4v) is 3.53. The highest BCUT2D eigenvalue weighted by molar-refractivity contribution is 5.98. The minimum absolute atomic E-state index is 0.187. The second kappa shape index (κ2) is 7.07. The second-order valence-corrected chi connectivity index (χ2v) is 7.81. The Labute approximate surface area is 160 Å². The molecular formula is C24H26O3. The molecule has 3 rings (SSSR count). The minimum atomic E-state index is -0.377. The summed E-state index contributed by atoms with van der Waals surface area (Å²) in [6, 6.07) is 16.8. The molecule has 0 heterocycles. The van der Waals surface area contributed by atoms with Gasteiger partial charge in [0.2, 0.25) is 0 Å². The highest BCUT2D eigenvalue weighted by Crippen LogP contribution is 2.41. The van der Waals surface area contributed by atoms with Crippen molar-refractivity contribution in [3.05, 3.63) is 65.2 Å². The Morgan fingerprint density at radius 3 is 2.19 bits per heavy atom. The maximum absolute atomic E-state index is 12.6. The van der Waals surface area contributed by atoms with Crippen LogP contribution in [0, 0.1) is 6.92 Å². The Bertz CT molecular complexity index is 1010. The zero-order valence-electron chi connectivity index (χ0n) is 16.8. The van der Waals surface area contributed by atoms with Crippen molar-refractivity contribution in [2.45, 2.75) is 33.1 Å².